The Labute approximate surface area is 80.8 Å². The summed E-state index contributed by atoms with van der Waals surface area (Å²) in [4.78, 5) is 0. The van der Waals surface area contributed by atoms with Gasteiger partial charge in [-0.05, 0) is 12.0 Å². The van der Waals surface area contributed by atoms with Gasteiger partial charge in [0.05, 0.1) is 0 Å². The summed E-state index contributed by atoms with van der Waals surface area (Å²) >= 11 is 0. The first-order valence-electron chi connectivity index (χ1n) is 4.59. The van der Waals surface area contributed by atoms with Crippen LogP contribution in [0.25, 0.3) is 0 Å². The van der Waals surface area contributed by atoms with Gasteiger partial charge in [0.1, 0.15) is 0 Å². The van der Waals surface area contributed by atoms with Crippen LogP contribution >= 0.6 is 0 Å². The quantitative estimate of drug-likeness (QED) is 0.516. The normalized spacial score (nSPS) is 7.46. The largest absolute Gasteiger partial charge is 0.255 e. The van der Waals surface area contributed by atoms with E-state index in [0.717, 1.165) is 6.42 Å². The Balaban J connectivity index is 0. The Kier molecular flexibility index (Phi) is 15.5. The van der Waals surface area contributed by atoms with Crippen molar-refractivity contribution in [3.05, 3.63) is 35.9 Å². The minimum absolute atomic E-state index is 1.14. The summed E-state index contributed by atoms with van der Waals surface area (Å²) < 4.78 is 0. The molecule has 0 radical (unpaired) electrons. The maximum absolute atomic E-state index is 6.00. The zero-order valence-electron chi connectivity index (χ0n) is 8.70. The van der Waals surface area contributed by atoms with E-state index in [0.29, 0.717) is 0 Å². The van der Waals surface area contributed by atoms with Crippen LogP contribution in [-0.2, 0) is 6.42 Å². The summed E-state index contributed by atoms with van der Waals surface area (Å²) in [5.74, 6) is 0. The molecule has 0 unspecified atom stereocenters. The molecule has 2 heteroatoms. The van der Waals surface area contributed by atoms with Gasteiger partial charge in [0.15, 0.2) is 0 Å². The van der Waals surface area contributed by atoms with Crippen molar-refractivity contribution in [2.45, 2.75) is 33.6 Å². The molecule has 76 valence electrons. The minimum atomic E-state index is 1.14. The smallest absolute Gasteiger partial charge is 0.0307 e. The standard InChI is InChI=1S/C8H10.C3H8.H2O2/c1-2-8-6-4-3-5-7-8;1-3-2;1-2/h3-7H,2H2,1H3;3H2,1-2H3;1-2H. The number of hydrogen-bond donors (Lipinski definition) is 2. The molecule has 0 aromatic heterocycles. The van der Waals surface area contributed by atoms with E-state index in [1.807, 2.05) is 6.07 Å². The van der Waals surface area contributed by atoms with Gasteiger partial charge < -0.3 is 0 Å². The van der Waals surface area contributed by atoms with Crippen LogP contribution in [0.5, 0.6) is 0 Å². The summed E-state index contributed by atoms with van der Waals surface area (Å²) in [6, 6.07) is 10.5. The zero-order chi connectivity index (χ0) is 10.5. The molecule has 0 bridgehead atoms. The molecule has 1 rings (SSSR count). The van der Waals surface area contributed by atoms with E-state index in [-0.39, 0.29) is 0 Å². The van der Waals surface area contributed by atoms with Crippen molar-refractivity contribution in [1.82, 2.24) is 0 Å². The third-order valence-electron chi connectivity index (χ3n) is 1.25. The second kappa shape index (κ2) is 13.7. The van der Waals surface area contributed by atoms with Gasteiger partial charge in [-0.15, -0.1) is 0 Å². The highest BCUT2D eigenvalue weighted by molar-refractivity contribution is 5.13. The van der Waals surface area contributed by atoms with Gasteiger partial charge in [-0.2, -0.15) is 0 Å². The molecular weight excluding hydrogens is 164 g/mol. The highest BCUT2D eigenvalue weighted by atomic mass is 17.0. The molecule has 13 heavy (non-hydrogen) atoms. The van der Waals surface area contributed by atoms with Crippen molar-refractivity contribution in [3.63, 3.8) is 0 Å². The minimum Gasteiger partial charge on any atom is -0.255 e. The average Bonchev–Trinajstić information content (AvgIpc) is 2.23. The molecular formula is C11H20O2. The van der Waals surface area contributed by atoms with E-state index in [4.69, 9.17) is 10.5 Å². The number of rotatable bonds is 1. The SMILES string of the molecule is CCC.CCc1ccccc1.OO. The molecule has 0 heterocycles. The van der Waals surface area contributed by atoms with E-state index in [9.17, 15) is 0 Å². The fourth-order valence-corrected chi connectivity index (χ4v) is 0.714. The fourth-order valence-electron chi connectivity index (χ4n) is 0.714. The zero-order valence-corrected chi connectivity index (χ0v) is 8.70. The molecule has 0 atom stereocenters. The number of benzene rings is 1. The summed E-state index contributed by atoms with van der Waals surface area (Å²) in [7, 11) is 0. The predicted octanol–water partition coefficient (Wildman–Crippen LogP) is 3.68. The van der Waals surface area contributed by atoms with Crippen molar-refractivity contribution in [2.24, 2.45) is 0 Å². The molecule has 0 saturated heterocycles. The highest BCUT2D eigenvalue weighted by Crippen LogP contribution is 1.96. The number of hydrogen-bond acceptors (Lipinski definition) is 2. The fraction of sp³-hybridized carbons (Fsp3) is 0.455. The average molecular weight is 184 g/mol. The molecule has 0 fully saturated rings. The first-order valence-corrected chi connectivity index (χ1v) is 4.59. The van der Waals surface area contributed by atoms with Crippen molar-refractivity contribution in [2.75, 3.05) is 0 Å². The van der Waals surface area contributed by atoms with Crippen LogP contribution < -0.4 is 0 Å². The lowest BCUT2D eigenvalue weighted by molar-refractivity contribution is -0.176. The van der Waals surface area contributed by atoms with Crippen molar-refractivity contribution < 1.29 is 10.5 Å². The Hall–Kier alpha value is -0.860. The van der Waals surface area contributed by atoms with E-state index >= 15 is 0 Å². The lowest BCUT2D eigenvalue weighted by atomic mass is 10.2. The second-order valence-corrected chi connectivity index (χ2v) is 2.55. The van der Waals surface area contributed by atoms with Gasteiger partial charge >= 0.3 is 0 Å². The van der Waals surface area contributed by atoms with Crippen molar-refractivity contribution >= 4 is 0 Å². The first-order chi connectivity index (χ1) is 6.35. The molecule has 0 amide bonds. The highest BCUT2D eigenvalue weighted by Gasteiger charge is 1.79. The Morgan fingerprint density at radius 3 is 1.54 bits per heavy atom. The summed E-state index contributed by atoms with van der Waals surface area (Å²) in [6.45, 7) is 6.41. The van der Waals surface area contributed by atoms with Gasteiger partial charge in [-0.3, -0.25) is 10.5 Å². The molecule has 2 N–H and O–H groups in total. The van der Waals surface area contributed by atoms with Gasteiger partial charge in [0, 0.05) is 0 Å². The van der Waals surface area contributed by atoms with Crippen LogP contribution in [-0.4, -0.2) is 10.5 Å². The third-order valence-corrected chi connectivity index (χ3v) is 1.25. The van der Waals surface area contributed by atoms with Gasteiger partial charge in [0.2, 0.25) is 0 Å². The van der Waals surface area contributed by atoms with E-state index in [2.05, 4.69) is 45.0 Å². The van der Waals surface area contributed by atoms with Crippen molar-refractivity contribution in [1.29, 1.82) is 0 Å². The van der Waals surface area contributed by atoms with E-state index in [1.54, 1.807) is 0 Å². The van der Waals surface area contributed by atoms with Gasteiger partial charge in [0.25, 0.3) is 0 Å². The first kappa shape index (κ1) is 14.7. The van der Waals surface area contributed by atoms with Crippen LogP contribution in [0.15, 0.2) is 30.3 Å². The molecule has 0 spiro atoms. The lowest BCUT2D eigenvalue weighted by Gasteiger charge is -1.89. The molecule has 0 saturated carbocycles. The molecule has 1 aromatic carbocycles. The van der Waals surface area contributed by atoms with Crippen LogP contribution in [0, 0.1) is 0 Å². The Morgan fingerprint density at radius 2 is 1.31 bits per heavy atom. The number of aryl methyl sites for hydroxylation is 1. The van der Waals surface area contributed by atoms with Gasteiger partial charge in [-0.25, -0.2) is 0 Å². The van der Waals surface area contributed by atoms with Crippen LogP contribution in [0.3, 0.4) is 0 Å². The van der Waals surface area contributed by atoms with Crippen LogP contribution in [0.4, 0.5) is 0 Å². The van der Waals surface area contributed by atoms with E-state index in [1.165, 1.54) is 12.0 Å². The maximum atomic E-state index is 6.00. The lowest BCUT2D eigenvalue weighted by Crippen LogP contribution is -1.73. The monoisotopic (exact) mass is 184 g/mol. The van der Waals surface area contributed by atoms with Crippen LogP contribution in [0.1, 0.15) is 32.8 Å². The molecule has 0 aliphatic carbocycles. The topological polar surface area (TPSA) is 40.5 Å². The van der Waals surface area contributed by atoms with E-state index < -0.39 is 0 Å². The summed E-state index contributed by atoms with van der Waals surface area (Å²) in [6.07, 6.45) is 2.39. The third kappa shape index (κ3) is 11.1. The van der Waals surface area contributed by atoms with Gasteiger partial charge in [-0.1, -0.05) is 57.5 Å². The van der Waals surface area contributed by atoms with Crippen LogP contribution in [0.2, 0.25) is 0 Å². The van der Waals surface area contributed by atoms with Crippen molar-refractivity contribution in [3.8, 4) is 0 Å². The summed E-state index contributed by atoms with van der Waals surface area (Å²) in [5, 5.41) is 12.0. The summed E-state index contributed by atoms with van der Waals surface area (Å²) in [5.41, 5.74) is 1.41. The predicted molar refractivity (Wildman–Crippen MR) is 57.0 cm³/mol. The molecule has 0 aliphatic heterocycles. The Morgan fingerprint density at radius 1 is 0.923 bits per heavy atom. The second-order valence-electron chi connectivity index (χ2n) is 2.55. The Bertz CT molecular complexity index is 161. The molecule has 2 nitrogen and oxygen atoms in total. The molecule has 1 aromatic rings. The molecule has 0 aliphatic rings. The maximum Gasteiger partial charge on any atom is -0.0307 e.